The molecule has 86 heavy (non-hydrogen) atoms. The minimum absolute atomic E-state index is 0.0126. The normalized spacial score (nSPS) is 20.4. The van der Waals surface area contributed by atoms with E-state index in [1.54, 1.807) is 42.7 Å². The van der Waals surface area contributed by atoms with E-state index in [2.05, 4.69) is 0 Å². The molecule has 8 amide bonds. The Kier molecular flexibility index (Phi) is 13.5. The number of amides is 8. The first-order chi connectivity index (χ1) is 42.0. The molecule has 16 heteroatoms. The molecule has 6 aliphatic heterocycles. The fourth-order valence-corrected chi connectivity index (χ4v) is 13.9. The van der Waals surface area contributed by atoms with Gasteiger partial charge in [-0.05, 0) is 132 Å². The summed E-state index contributed by atoms with van der Waals surface area (Å²) in [6.07, 6.45) is 9.57. The largest absolute Gasteiger partial charge is 0.480 e. The van der Waals surface area contributed by atoms with Crippen LogP contribution in [-0.4, -0.2) is 115 Å². The molecule has 0 radical (unpaired) electrons. The van der Waals surface area contributed by atoms with Gasteiger partial charge in [-0.3, -0.25) is 19.6 Å². The number of carboxylic acids is 2. The number of nitrogens with zero attached hydrogens (tertiary/aromatic N) is 8. The molecule has 8 aromatic rings. The quantitative estimate of drug-likeness (QED) is 0.159. The number of anilines is 8. The Labute approximate surface area is 496 Å². The van der Waals surface area contributed by atoms with Crippen LogP contribution >= 0.6 is 0 Å². The van der Waals surface area contributed by atoms with E-state index < -0.39 is 66.3 Å². The molecule has 6 heterocycles. The molecule has 0 saturated carbocycles. The predicted octanol–water partition coefficient (Wildman–Crippen LogP) is 14.0. The summed E-state index contributed by atoms with van der Waals surface area (Å²) in [5, 5.41) is 22.4. The number of piperazine rings is 2. The van der Waals surface area contributed by atoms with Gasteiger partial charge >= 0.3 is 36.1 Å². The molecule has 4 fully saturated rings. The van der Waals surface area contributed by atoms with Crippen LogP contribution in [0.25, 0.3) is 35.4 Å². The molecule has 6 atom stereocenters. The van der Waals surface area contributed by atoms with Crippen molar-refractivity contribution in [2.24, 2.45) is 0 Å². The van der Waals surface area contributed by atoms with Crippen LogP contribution in [0, 0.1) is 0 Å². The SMILES string of the molecule is O=C(O)[C@@H]1[C@H]2CC[C@@H](CN1C(=O)N1c3ccccc3C=Cc3ccccc31)N2C(=O)N(c1ccccc1)c1cccc(-c2cccc(N(C(=O)N3C[C@@H]4CC[C@H]([C@H]3C(=O)O)N4C(=O)N3c4ccccc4C=Cc4ccccc43)c3ccccc3)c2)c1. The summed E-state index contributed by atoms with van der Waals surface area (Å²) in [6.45, 7) is -0.0391. The second-order valence-corrected chi connectivity index (χ2v) is 22.4. The Bertz CT molecular complexity index is 4000. The van der Waals surface area contributed by atoms with Gasteiger partial charge in [-0.15, -0.1) is 0 Å². The lowest BCUT2D eigenvalue weighted by Crippen LogP contribution is -2.67. The van der Waals surface area contributed by atoms with Crippen molar-refractivity contribution in [1.29, 1.82) is 0 Å². The van der Waals surface area contributed by atoms with Crippen molar-refractivity contribution in [3.63, 3.8) is 0 Å². The number of urea groups is 4. The first-order valence-electron chi connectivity index (χ1n) is 29.0. The Morgan fingerprint density at radius 2 is 0.721 bits per heavy atom. The van der Waals surface area contributed by atoms with Crippen LogP contribution in [0.5, 0.6) is 0 Å². The van der Waals surface area contributed by atoms with Crippen molar-refractivity contribution in [1.82, 2.24) is 19.6 Å². The number of hydrogen-bond donors (Lipinski definition) is 2. The lowest BCUT2D eigenvalue weighted by molar-refractivity contribution is -0.146. The van der Waals surface area contributed by atoms with Gasteiger partial charge in [0.05, 0.1) is 69.7 Å². The van der Waals surface area contributed by atoms with Crippen molar-refractivity contribution in [2.45, 2.75) is 61.9 Å². The van der Waals surface area contributed by atoms with Gasteiger partial charge in [-0.25, -0.2) is 28.8 Å². The number of benzene rings is 8. The monoisotopic (exact) mass is 1140 g/mol. The van der Waals surface area contributed by atoms with Gasteiger partial charge in [0.15, 0.2) is 12.1 Å². The Morgan fingerprint density at radius 3 is 1.17 bits per heavy atom. The van der Waals surface area contributed by atoms with Crippen molar-refractivity contribution in [3.05, 3.63) is 229 Å². The van der Waals surface area contributed by atoms with Gasteiger partial charge in [0.1, 0.15) is 0 Å². The fourth-order valence-electron chi connectivity index (χ4n) is 13.9. The van der Waals surface area contributed by atoms with E-state index in [1.165, 1.54) is 14.7 Å². The average Bonchev–Trinajstić information content (AvgIpc) is 1.94. The van der Waals surface area contributed by atoms with E-state index in [0.29, 0.717) is 82.3 Å². The molecule has 0 unspecified atom stereocenters. The smallest absolute Gasteiger partial charge is 0.330 e. The number of para-hydroxylation sites is 6. The van der Waals surface area contributed by atoms with Crippen molar-refractivity contribution in [3.8, 4) is 11.1 Å². The molecular formula is C70H58N8O8. The Morgan fingerprint density at radius 1 is 0.360 bits per heavy atom. The van der Waals surface area contributed by atoms with Gasteiger partial charge < -0.3 is 29.8 Å². The van der Waals surface area contributed by atoms with E-state index in [4.69, 9.17) is 0 Å². The first-order valence-corrected chi connectivity index (χ1v) is 29.0. The van der Waals surface area contributed by atoms with Crippen LogP contribution in [-0.2, 0) is 9.59 Å². The molecule has 0 aliphatic carbocycles. The molecule has 426 valence electrons. The summed E-state index contributed by atoms with van der Waals surface area (Å²) in [5.74, 6) is -2.43. The molecule has 4 bridgehead atoms. The zero-order valence-corrected chi connectivity index (χ0v) is 46.6. The summed E-state index contributed by atoms with van der Waals surface area (Å²) in [4.78, 5) is 102. The maximum atomic E-state index is 15.6. The van der Waals surface area contributed by atoms with Gasteiger partial charge in [0, 0.05) is 13.1 Å². The van der Waals surface area contributed by atoms with Crippen LogP contribution in [0.1, 0.15) is 47.9 Å². The number of hydrogen-bond acceptors (Lipinski definition) is 6. The van der Waals surface area contributed by atoms with Crippen molar-refractivity contribution < 1.29 is 39.0 Å². The van der Waals surface area contributed by atoms with Gasteiger partial charge in [0.2, 0.25) is 0 Å². The Hall–Kier alpha value is -10.7. The number of carbonyl (C=O) groups is 6. The standard InChI is InChI=1S/C70H58N8O8/c79-65(80)63-62-40-38-56(76(62)70(86)78-59-31-13-9-19-47(59)35-36-48-20-10-14-32-60(48)78)43-71(63)67(83)73(51-23-3-1-4-24-51)53-27-15-21-49(41-53)50-22-16-28-54(42-50)74(52-25-5-2-6-26-52)69(85)75-55-37-39-61(75)64(66(81)82)72(44-55)68(84)77-57-29-11-7-17-45(57)33-34-46-18-8-12-30-58(46)77/h1-36,41-42,55-56,61-64H,37-40,43-44H2,(H,79,80)(H,81,82)/t55-,56-,61+,62+,63-,64-/m0/s1. The third-order valence-electron chi connectivity index (χ3n) is 17.7. The highest BCUT2D eigenvalue weighted by Gasteiger charge is 2.56. The highest BCUT2D eigenvalue weighted by Crippen LogP contribution is 2.46. The lowest BCUT2D eigenvalue weighted by Gasteiger charge is -2.47. The van der Waals surface area contributed by atoms with Crippen LogP contribution in [0.15, 0.2) is 206 Å². The minimum atomic E-state index is -1.38. The molecule has 14 rings (SSSR count). The highest BCUT2D eigenvalue weighted by atomic mass is 16.4. The maximum absolute atomic E-state index is 15.6. The van der Waals surface area contributed by atoms with Crippen LogP contribution in [0.4, 0.5) is 64.7 Å². The number of carbonyl (C=O) groups excluding carboxylic acids is 4. The van der Waals surface area contributed by atoms with E-state index >= 15 is 19.2 Å². The van der Waals surface area contributed by atoms with Crippen molar-refractivity contribution in [2.75, 3.05) is 32.7 Å². The fraction of sp³-hybridized carbons (Fsp3) is 0.171. The van der Waals surface area contributed by atoms with Crippen molar-refractivity contribution >= 4 is 106 Å². The molecule has 2 N–H and O–H groups in total. The van der Waals surface area contributed by atoms with Gasteiger partial charge in [-0.1, -0.05) is 158 Å². The summed E-state index contributed by atoms with van der Waals surface area (Å²) >= 11 is 0. The number of likely N-dealkylation sites (tertiary alicyclic amines) is 2. The molecule has 8 aromatic carbocycles. The minimum Gasteiger partial charge on any atom is -0.480 e. The average molecular weight is 1140 g/mol. The number of aliphatic carboxylic acids is 2. The number of carboxylic acid groups (broad SMARTS) is 2. The van der Waals surface area contributed by atoms with E-state index in [9.17, 15) is 19.8 Å². The zero-order chi connectivity index (χ0) is 58.7. The number of fused-ring (bicyclic) bond motifs is 8. The summed E-state index contributed by atoms with van der Waals surface area (Å²) in [6, 6.07) is 56.0. The topological polar surface area (TPSA) is 169 Å². The third-order valence-corrected chi connectivity index (χ3v) is 17.7. The summed E-state index contributed by atoms with van der Waals surface area (Å²) in [5.41, 5.74) is 9.23. The zero-order valence-electron chi connectivity index (χ0n) is 46.6. The molecule has 6 aliphatic rings. The summed E-state index contributed by atoms with van der Waals surface area (Å²) < 4.78 is 0. The maximum Gasteiger partial charge on any atom is 0.330 e. The van der Waals surface area contributed by atoms with Gasteiger partial charge in [-0.2, -0.15) is 0 Å². The molecular weight excluding hydrogens is 1080 g/mol. The third kappa shape index (κ3) is 9.08. The second-order valence-electron chi connectivity index (χ2n) is 22.4. The summed E-state index contributed by atoms with van der Waals surface area (Å²) in [7, 11) is 0. The lowest BCUT2D eigenvalue weighted by atomic mass is 10.0. The van der Waals surface area contributed by atoms with E-state index in [1.807, 2.05) is 212 Å². The molecule has 0 aromatic heterocycles. The van der Waals surface area contributed by atoms with Gasteiger partial charge in [0.25, 0.3) is 0 Å². The van der Waals surface area contributed by atoms with Crippen LogP contribution in [0.3, 0.4) is 0 Å². The second kappa shape index (κ2) is 21.8. The molecule has 0 spiro atoms. The highest BCUT2D eigenvalue weighted by molar-refractivity contribution is 6.09. The predicted molar refractivity (Wildman–Crippen MR) is 332 cm³/mol. The first kappa shape index (κ1) is 53.3. The number of rotatable bonds is 7. The van der Waals surface area contributed by atoms with Crippen LogP contribution in [0.2, 0.25) is 0 Å². The van der Waals surface area contributed by atoms with E-state index in [-0.39, 0.29) is 19.1 Å². The van der Waals surface area contributed by atoms with E-state index in [0.717, 1.165) is 22.3 Å². The molecule has 4 saturated heterocycles. The van der Waals surface area contributed by atoms with Crippen LogP contribution < -0.4 is 19.6 Å². The molecule has 16 nitrogen and oxygen atoms in total. The Balaban J connectivity index is 0.770.